The van der Waals surface area contributed by atoms with Gasteiger partial charge in [0.25, 0.3) is 0 Å². The number of benzene rings is 3. The first-order valence-electron chi connectivity index (χ1n) is 15.9. The molecule has 1 aliphatic rings. The monoisotopic (exact) mass is 658 g/mol. The maximum absolute atomic E-state index is 15.1. The third-order valence-electron chi connectivity index (χ3n) is 8.46. The van der Waals surface area contributed by atoms with Crippen molar-refractivity contribution in [3.05, 3.63) is 77.6 Å². The molecule has 1 fully saturated rings. The van der Waals surface area contributed by atoms with Crippen LogP contribution in [0.25, 0.3) is 11.3 Å². The van der Waals surface area contributed by atoms with Crippen LogP contribution in [0, 0.1) is 19.7 Å². The summed E-state index contributed by atoms with van der Waals surface area (Å²) in [6.45, 7) is 9.52. The zero-order chi connectivity index (χ0) is 34.2. The summed E-state index contributed by atoms with van der Waals surface area (Å²) in [5, 5.41) is 3.07. The van der Waals surface area contributed by atoms with Crippen LogP contribution in [0.3, 0.4) is 0 Å². The molecular weight excluding hydrogens is 615 g/mol. The van der Waals surface area contributed by atoms with Crippen LogP contribution in [-0.4, -0.2) is 93.5 Å². The van der Waals surface area contributed by atoms with Crippen LogP contribution >= 0.6 is 0 Å². The second kappa shape index (κ2) is 15.8. The number of rotatable bonds is 12. The predicted molar refractivity (Wildman–Crippen MR) is 185 cm³/mol. The van der Waals surface area contributed by atoms with E-state index in [1.54, 1.807) is 43.4 Å². The number of nitrogens with one attached hydrogen (secondary N) is 1. The summed E-state index contributed by atoms with van der Waals surface area (Å²) in [5.74, 6) is 0.799. The van der Waals surface area contributed by atoms with Crippen molar-refractivity contribution in [2.75, 3.05) is 77.9 Å². The topological polar surface area (TPSA) is 102 Å². The van der Waals surface area contributed by atoms with Crippen LogP contribution in [0.1, 0.15) is 17.5 Å². The van der Waals surface area contributed by atoms with Crippen molar-refractivity contribution in [2.24, 2.45) is 0 Å². The summed E-state index contributed by atoms with van der Waals surface area (Å²) in [6, 6.07) is 17.2. The van der Waals surface area contributed by atoms with Gasteiger partial charge in [0.2, 0.25) is 11.8 Å². The van der Waals surface area contributed by atoms with Gasteiger partial charge in [0, 0.05) is 69.2 Å². The average molecular weight is 659 g/mol. The Morgan fingerprint density at radius 2 is 1.73 bits per heavy atom. The zero-order valence-corrected chi connectivity index (χ0v) is 28.4. The third kappa shape index (κ3) is 8.50. The van der Waals surface area contributed by atoms with Crippen LogP contribution in [0.4, 0.5) is 26.5 Å². The molecule has 0 unspecified atom stereocenters. The molecule has 0 atom stereocenters. The van der Waals surface area contributed by atoms with Gasteiger partial charge in [-0.25, -0.2) is 14.2 Å². The summed E-state index contributed by atoms with van der Waals surface area (Å²) in [4.78, 5) is 28.5. The highest BCUT2D eigenvalue weighted by atomic mass is 19.1. The maximum Gasteiger partial charge on any atom is 0.420 e. The van der Waals surface area contributed by atoms with Gasteiger partial charge in [-0.05, 0) is 62.7 Å². The van der Waals surface area contributed by atoms with Crippen LogP contribution < -0.4 is 29.2 Å². The molecule has 0 saturated carbocycles. The number of amides is 1. The molecule has 11 nitrogen and oxygen atoms in total. The van der Waals surface area contributed by atoms with E-state index in [1.165, 1.54) is 25.2 Å². The van der Waals surface area contributed by atoms with Crippen molar-refractivity contribution < 1.29 is 28.1 Å². The van der Waals surface area contributed by atoms with E-state index in [0.29, 0.717) is 35.2 Å². The van der Waals surface area contributed by atoms with E-state index >= 15 is 4.39 Å². The van der Waals surface area contributed by atoms with E-state index in [4.69, 9.17) is 23.9 Å². The fourth-order valence-corrected chi connectivity index (χ4v) is 5.38. The van der Waals surface area contributed by atoms with Crippen molar-refractivity contribution in [1.82, 2.24) is 19.8 Å². The average Bonchev–Trinajstić information content (AvgIpc) is 3.08. The molecule has 48 heavy (non-hydrogen) atoms. The number of carbonyl (C=O) groups is 1. The maximum atomic E-state index is 15.1. The number of halogens is 1. The van der Waals surface area contributed by atoms with E-state index in [0.717, 1.165) is 55.8 Å². The lowest BCUT2D eigenvalue weighted by Crippen LogP contribution is -2.44. The van der Waals surface area contributed by atoms with E-state index in [1.807, 2.05) is 32.0 Å². The first kappa shape index (κ1) is 34.4. The molecule has 1 aliphatic heterocycles. The van der Waals surface area contributed by atoms with Gasteiger partial charge in [-0.2, -0.15) is 4.98 Å². The van der Waals surface area contributed by atoms with Crippen molar-refractivity contribution in [2.45, 2.75) is 20.3 Å². The molecular formula is C36H43FN6O5. The van der Waals surface area contributed by atoms with E-state index in [2.05, 4.69) is 27.1 Å². The first-order valence-corrected chi connectivity index (χ1v) is 15.9. The SMILES string of the molecule is COc1ccc(OC)c(N(C)C(=O)Oc2cc(-c3cccc(C)c3C)nc(Nc3ccc(OCCCN4CCN(C)CC4)c(F)c3)n2)c1. The Hall–Kier alpha value is -4.94. The van der Waals surface area contributed by atoms with Crippen LogP contribution in [0.5, 0.6) is 23.1 Å². The van der Waals surface area contributed by atoms with Gasteiger partial charge in [-0.1, -0.05) is 18.2 Å². The summed E-state index contributed by atoms with van der Waals surface area (Å²) < 4.78 is 37.4. The van der Waals surface area contributed by atoms with Gasteiger partial charge in [-0.3, -0.25) is 4.90 Å². The summed E-state index contributed by atoms with van der Waals surface area (Å²) in [5.41, 5.74) is 4.31. The lowest BCUT2D eigenvalue weighted by Gasteiger charge is -2.32. The summed E-state index contributed by atoms with van der Waals surface area (Å²) in [7, 11) is 6.74. The first-order chi connectivity index (χ1) is 23.1. The molecule has 1 aromatic heterocycles. The van der Waals surface area contributed by atoms with Crippen LogP contribution in [0.2, 0.25) is 0 Å². The second-order valence-corrected chi connectivity index (χ2v) is 11.7. The molecule has 0 aliphatic carbocycles. The highest BCUT2D eigenvalue weighted by Crippen LogP contribution is 2.33. The molecule has 1 amide bonds. The number of ether oxygens (including phenoxy) is 4. The minimum Gasteiger partial charge on any atom is -0.497 e. The van der Waals surface area contributed by atoms with E-state index < -0.39 is 11.9 Å². The van der Waals surface area contributed by atoms with Gasteiger partial charge in [0.05, 0.1) is 32.2 Å². The Balaban J connectivity index is 1.33. The molecule has 5 rings (SSSR count). The van der Waals surface area contributed by atoms with Crippen molar-refractivity contribution in [3.8, 4) is 34.4 Å². The number of piperazine rings is 1. The van der Waals surface area contributed by atoms with Gasteiger partial charge in [-0.15, -0.1) is 0 Å². The van der Waals surface area contributed by atoms with Gasteiger partial charge >= 0.3 is 6.09 Å². The quantitative estimate of drug-likeness (QED) is 0.174. The zero-order valence-electron chi connectivity index (χ0n) is 28.4. The molecule has 0 spiro atoms. The lowest BCUT2D eigenvalue weighted by atomic mass is 10.0. The molecule has 2 heterocycles. The van der Waals surface area contributed by atoms with Gasteiger partial charge in [0.15, 0.2) is 11.6 Å². The number of aromatic nitrogens is 2. The molecule has 254 valence electrons. The fourth-order valence-electron chi connectivity index (χ4n) is 5.38. The number of hydrogen-bond donors (Lipinski definition) is 1. The Labute approximate surface area is 281 Å². The van der Waals surface area contributed by atoms with Gasteiger partial charge < -0.3 is 34.1 Å². The number of methoxy groups -OCH3 is 2. The standard InChI is InChI=1S/C36H43FN6O5/c1-24-9-7-10-28(25(24)2)30-23-34(48-36(44)42(4)31-22-27(45-5)12-14-33(31)46-6)40-35(39-30)38-26-11-13-32(29(37)21-26)47-20-8-15-43-18-16-41(3)17-19-43/h7,9-14,21-23H,8,15-20H2,1-6H3,(H,38,39,40). The Morgan fingerprint density at radius 3 is 2.46 bits per heavy atom. The van der Waals surface area contributed by atoms with Crippen LogP contribution in [-0.2, 0) is 0 Å². The number of hydrogen-bond acceptors (Lipinski definition) is 10. The Morgan fingerprint density at radius 1 is 0.958 bits per heavy atom. The molecule has 4 aromatic rings. The van der Waals surface area contributed by atoms with Gasteiger partial charge in [0.1, 0.15) is 11.5 Å². The van der Waals surface area contributed by atoms with E-state index in [-0.39, 0.29) is 17.6 Å². The summed E-state index contributed by atoms with van der Waals surface area (Å²) >= 11 is 0. The highest BCUT2D eigenvalue weighted by Gasteiger charge is 2.21. The number of anilines is 3. The summed E-state index contributed by atoms with van der Waals surface area (Å²) in [6.07, 6.45) is 0.0991. The number of carbonyl (C=O) groups excluding carboxylic acids is 1. The molecule has 0 bridgehead atoms. The third-order valence-corrected chi connectivity index (χ3v) is 8.46. The largest absolute Gasteiger partial charge is 0.497 e. The Bertz CT molecular complexity index is 1730. The lowest BCUT2D eigenvalue weighted by molar-refractivity contribution is 0.145. The predicted octanol–water partition coefficient (Wildman–Crippen LogP) is 6.31. The van der Waals surface area contributed by atoms with Crippen molar-refractivity contribution in [3.63, 3.8) is 0 Å². The minimum absolute atomic E-state index is 0.00268. The molecule has 1 N–H and O–H groups in total. The smallest absolute Gasteiger partial charge is 0.420 e. The van der Waals surface area contributed by atoms with Crippen molar-refractivity contribution >= 4 is 23.4 Å². The molecule has 1 saturated heterocycles. The van der Waals surface area contributed by atoms with E-state index in [9.17, 15) is 4.79 Å². The number of likely N-dealkylation sites (N-methyl/N-ethyl adjacent to an activating group) is 1. The molecule has 12 heteroatoms. The minimum atomic E-state index is -0.710. The number of aryl methyl sites for hydroxylation is 1. The highest BCUT2D eigenvalue weighted by molar-refractivity contribution is 5.90. The number of nitrogens with zero attached hydrogens (tertiary/aromatic N) is 5. The molecule has 3 aromatic carbocycles. The molecule has 0 radical (unpaired) electrons. The fraction of sp³-hybridized carbons (Fsp3) is 0.361. The van der Waals surface area contributed by atoms with Crippen LogP contribution in [0.15, 0.2) is 60.7 Å². The normalized spacial score (nSPS) is 13.6. The Kier molecular flexibility index (Phi) is 11.3. The van der Waals surface area contributed by atoms with Crippen molar-refractivity contribution in [1.29, 1.82) is 0 Å². The second-order valence-electron chi connectivity index (χ2n) is 11.7.